The lowest BCUT2D eigenvalue weighted by Crippen LogP contribution is -2.44. The van der Waals surface area contributed by atoms with E-state index in [2.05, 4.69) is 17.6 Å². The van der Waals surface area contributed by atoms with Crippen molar-refractivity contribution < 1.29 is 0 Å². The largest absolute Gasteiger partial charge is 0.363 e. The van der Waals surface area contributed by atoms with Gasteiger partial charge >= 0.3 is 0 Å². The van der Waals surface area contributed by atoms with Crippen LogP contribution in [-0.4, -0.2) is 17.7 Å². The molecule has 3 unspecified atom stereocenters. The SMILES string of the molecule is CCCNC(=S)NC1CC2CCC1C2. The molecule has 14 heavy (non-hydrogen) atoms. The third kappa shape index (κ3) is 2.19. The Morgan fingerprint density at radius 1 is 1.36 bits per heavy atom. The van der Waals surface area contributed by atoms with Gasteiger partial charge in [-0.15, -0.1) is 0 Å². The highest BCUT2D eigenvalue weighted by Gasteiger charge is 2.39. The summed E-state index contributed by atoms with van der Waals surface area (Å²) >= 11 is 5.25. The first-order chi connectivity index (χ1) is 6.79. The van der Waals surface area contributed by atoms with Gasteiger partial charge in [-0.05, 0) is 49.7 Å². The van der Waals surface area contributed by atoms with Gasteiger partial charge in [-0.25, -0.2) is 0 Å². The third-order valence-electron chi connectivity index (χ3n) is 3.59. The Morgan fingerprint density at radius 2 is 2.21 bits per heavy atom. The molecule has 3 atom stereocenters. The topological polar surface area (TPSA) is 24.1 Å². The van der Waals surface area contributed by atoms with Gasteiger partial charge in [-0.3, -0.25) is 0 Å². The minimum Gasteiger partial charge on any atom is -0.363 e. The second kappa shape index (κ2) is 4.47. The van der Waals surface area contributed by atoms with Crippen molar-refractivity contribution in [1.29, 1.82) is 0 Å². The smallest absolute Gasteiger partial charge is 0.166 e. The first-order valence-electron chi connectivity index (χ1n) is 5.84. The lowest BCUT2D eigenvalue weighted by Gasteiger charge is -2.24. The highest BCUT2D eigenvalue weighted by Crippen LogP contribution is 2.44. The summed E-state index contributed by atoms with van der Waals surface area (Å²) in [5.74, 6) is 1.90. The number of fused-ring (bicyclic) bond motifs is 2. The molecule has 2 fully saturated rings. The molecule has 0 saturated heterocycles. The molecule has 0 spiro atoms. The summed E-state index contributed by atoms with van der Waals surface area (Å²) in [5, 5.41) is 7.57. The van der Waals surface area contributed by atoms with E-state index in [1.54, 1.807) is 0 Å². The molecule has 2 aliphatic rings. The van der Waals surface area contributed by atoms with Crippen molar-refractivity contribution in [3.63, 3.8) is 0 Å². The van der Waals surface area contributed by atoms with Crippen LogP contribution in [0.25, 0.3) is 0 Å². The molecule has 0 heterocycles. The van der Waals surface area contributed by atoms with Crippen LogP contribution in [0, 0.1) is 11.8 Å². The molecule has 3 heteroatoms. The zero-order valence-electron chi connectivity index (χ0n) is 8.88. The minimum absolute atomic E-state index is 0.672. The number of rotatable bonds is 3. The molecule has 0 aliphatic heterocycles. The Kier molecular flexibility index (Phi) is 3.26. The molecule has 0 aromatic heterocycles. The quantitative estimate of drug-likeness (QED) is 0.700. The highest BCUT2D eigenvalue weighted by atomic mass is 32.1. The van der Waals surface area contributed by atoms with Crippen LogP contribution in [0.1, 0.15) is 39.0 Å². The molecule has 0 aromatic rings. The van der Waals surface area contributed by atoms with Crippen LogP contribution in [0.3, 0.4) is 0 Å². The van der Waals surface area contributed by atoms with E-state index in [0.29, 0.717) is 6.04 Å². The van der Waals surface area contributed by atoms with Crippen LogP contribution in [0.5, 0.6) is 0 Å². The summed E-state index contributed by atoms with van der Waals surface area (Å²) in [4.78, 5) is 0. The molecule has 2 aliphatic carbocycles. The van der Waals surface area contributed by atoms with Gasteiger partial charge < -0.3 is 10.6 Å². The molecular formula is C11H20N2S. The first-order valence-corrected chi connectivity index (χ1v) is 6.24. The van der Waals surface area contributed by atoms with E-state index in [1.165, 1.54) is 25.7 Å². The van der Waals surface area contributed by atoms with Gasteiger partial charge in [0.05, 0.1) is 0 Å². The fraction of sp³-hybridized carbons (Fsp3) is 0.909. The lowest BCUT2D eigenvalue weighted by molar-refractivity contribution is 0.389. The average molecular weight is 212 g/mol. The molecule has 2 N–H and O–H groups in total. The van der Waals surface area contributed by atoms with E-state index >= 15 is 0 Å². The van der Waals surface area contributed by atoms with Crippen molar-refractivity contribution in [2.75, 3.05) is 6.54 Å². The second-order valence-corrected chi connectivity index (χ2v) is 5.09. The highest BCUT2D eigenvalue weighted by molar-refractivity contribution is 7.80. The van der Waals surface area contributed by atoms with E-state index in [-0.39, 0.29) is 0 Å². The van der Waals surface area contributed by atoms with Crippen LogP contribution in [0.4, 0.5) is 0 Å². The van der Waals surface area contributed by atoms with E-state index in [9.17, 15) is 0 Å². The van der Waals surface area contributed by atoms with Gasteiger partial charge in [0.1, 0.15) is 0 Å². The van der Waals surface area contributed by atoms with Crippen molar-refractivity contribution in [3.8, 4) is 0 Å². The maximum Gasteiger partial charge on any atom is 0.166 e. The minimum atomic E-state index is 0.672. The summed E-state index contributed by atoms with van der Waals surface area (Å²) in [6, 6.07) is 0.672. The number of hydrogen-bond donors (Lipinski definition) is 2. The van der Waals surface area contributed by atoms with Crippen LogP contribution in [-0.2, 0) is 0 Å². The normalized spacial score (nSPS) is 34.5. The van der Waals surface area contributed by atoms with E-state index in [4.69, 9.17) is 12.2 Å². The van der Waals surface area contributed by atoms with Gasteiger partial charge in [-0.2, -0.15) is 0 Å². The molecule has 2 saturated carbocycles. The number of nitrogens with one attached hydrogen (secondary N) is 2. The zero-order valence-corrected chi connectivity index (χ0v) is 9.70. The molecule has 0 radical (unpaired) electrons. The predicted octanol–water partition coefficient (Wildman–Crippen LogP) is 2.05. The second-order valence-electron chi connectivity index (χ2n) is 4.68. The maximum absolute atomic E-state index is 5.25. The van der Waals surface area contributed by atoms with Gasteiger partial charge in [0.25, 0.3) is 0 Å². The monoisotopic (exact) mass is 212 g/mol. The van der Waals surface area contributed by atoms with Crippen LogP contribution in [0.15, 0.2) is 0 Å². The van der Waals surface area contributed by atoms with Gasteiger partial charge in [0.2, 0.25) is 0 Å². The molecule has 0 amide bonds. The fourth-order valence-corrected chi connectivity index (χ4v) is 3.13. The van der Waals surface area contributed by atoms with Crippen molar-refractivity contribution in [2.45, 2.75) is 45.1 Å². The average Bonchev–Trinajstić information content (AvgIpc) is 2.76. The van der Waals surface area contributed by atoms with E-state index < -0.39 is 0 Å². The van der Waals surface area contributed by atoms with Crippen LogP contribution in [0.2, 0.25) is 0 Å². The summed E-state index contributed by atoms with van der Waals surface area (Å²) in [6.07, 6.45) is 6.79. The summed E-state index contributed by atoms with van der Waals surface area (Å²) in [6.45, 7) is 3.15. The standard InChI is InChI=1S/C11H20N2S/c1-2-5-12-11(14)13-10-7-8-3-4-9(10)6-8/h8-10H,2-7H2,1H3,(H2,12,13,14). The lowest BCUT2D eigenvalue weighted by atomic mass is 9.96. The molecular weight excluding hydrogens is 192 g/mol. The molecule has 2 nitrogen and oxygen atoms in total. The zero-order chi connectivity index (χ0) is 9.97. The van der Waals surface area contributed by atoms with Crippen LogP contribution < -0.4 is 10.6 Å². The van der Waals surface area contributed by atoms with Crippen molar-refractivity contribution in [1.82, 2.24) is 10.6 Å². The van der Waals surface area contributed by atoms with Crippen molar-refractivity contribution in [2.24, 2.45) is 11.8 Å². The summed E-state index contributed by atoms with van der Waals surface area (Å²) < 4.78 is 0. The van der Waals surface area contributed by atoms with E-state index in [0.717, 1.165) is 29.9 Å². The van der Waals surface area contributed by atoms with Crippen molar-refractivity contribution in [3.05, 3.63) is 0 Å². The summed E-state index contributed by atoms with van der Waals surface area (Å²) in [5.41, 5.74) is 0. The Balaban J connectivity index is 1.73. The first kappa shape index (κ1) is 10.2. The molecule has 2 rings (SSSR count). The molecule has 0 aromatic carbocycles. The van der Waals surface area contributed by atoms with Crippen molar-refractivity contribution >= 4 is 17.3 Å². The summed E-state index contributed by atoms with van der Waals surface area (Å²) in [7, 11) is 0. The molecule has 2 bridgehead atoms. The number of thiocarbonyl (C=S) groups is 1. The van der Waals surface area contributed by atoms with Gasteiger partial charge in [0, 0.05) is 12.6 Å². The third-order valence-corrected chi connectivity index (χ3v) is 3.85. The van der Waals surface area contributed by atoms with Gasteiger partial charge in [0.15, 0.2) is 5.11 Å². The Morgan fingerprint density at radius 3 is 2.79 bits per heavy atom. The molecule has 80 valence electrons. The maximum atomic E-state index is 5.25. The Bertz CT molecular complexity index is 217. The van der Waals surface area contributed by atoms with E-state index in [1.807, 2.05) is 0 Å². The predicted molar refractivity (Wildman–Crippen MR) is 63.3 cm³/mol. The number of hydrogen-bond acceptors (Lipinski definition) is 1. The van der Waals surface area contributed by atoms with Crippen LogP contribution >= 0.6 is 12.2 Å². The fourth-order valence-electron chi connectivity index (χ4n) is 2.88. The Hall–Kier alpha value is -0.310. The Labute approximate surface area is 91.8 Å². The van der Waals surface area contributed by atoms with Gasteiger partial charge in [-0.1, -0.05) is 13.3 Å².